The van der Waals surface area contributed by atoms with Gasteiger partial charge in [0.1, 0.15) is 5.76 Å². The van der Waals surface area contributed by atoms with Crippen LogP contribution in [0.2, 0.25) is 0 Å². The van der Waals surface area contributed by atoms with Gasteiger partial charge in [-0.25, -0.2) is 0 Å². The van der Waals surface area contributed by atoms with E-state index in [1.54, 1.807) is 6.26 Å². The monoisotopic (exact) mass is 268 g/mol. The molecule has 0 aliphatic rings. The first kappa shape index (κ1) is 13.0. The Kier molecular flexibility index (Phi) is 3.61. The minimum absolute atomic E-state index is 0.389. The highest BCUT2D eigenvalue weighted by Crippen LogP contribution is 2.20. The van der Waals surface area contributed by atoms with Gasteiger partial charge in [-0.05, 0) is 30.7 Å². The van der Waals surface area contributed by atoms with E-state index in [0.29, 0.717) is 6.04 Å². The fraction of sp³-hybridized carbons (Fsp3) is 0.294. The Labute approximate surface area is 119 Å². The van der Waals surface area contributed by atoms with Crippen LogP contribution < -0.4 is 5.32 Å². The zero-order valence-corrected chi connectivity index (χ0v) is 12.0. The summed E-state index contributed by atoms with van der Waals surface area (Å²) in [7, 11) is 2.10. The van der Waals surface area contributed by atoms with Gasteiger partial charge in [0.2, 0.25) is 0 Å². The van der Waals surface area contributed by atoms with Crippen LogP contribution in [0.4, 0.5) is 0 Å². The van der Waals surface area contributed by atoms with Crippen LogP contribution in [0.1, 0.15) is 18.2 Å². The van der Waals surface area contributed by atoms with E-state index < -0.39 is 0 Å². The van der Waals surface area contributed by atoms with Gasteiger partial charge in [-0.15, -0.1) is 0 Å². The van der Waals surface area contributed by atoms with Crippen molar-refractivity contribution in [2.75, 3.05) is 0 Å². The predicted octanol–water partition coefficient (Wildman–Crippen LogP) is 3.49. The van der Waals surface area contributed by atoms with Crippen LogP contribution in [-0.4, -0.2) is 10.6 Å². The Morgan fingerprint density at radius 1 is 1.20 bits per heavy atom. The zero-order chi connectivity index (χ0) is 13.9. The Morgan fingerprint density at radius 2 is 2.05 bits per heavy atom. The molecule has 104 valence electrons. The molecule has 0 fully saturated rings. The maximum atomic E-state index is 5.39. The summed E-state index contributed by atoms with van der Waals surface area (Å²) in [5.41, 5.74) is 2.62. The second-order valence-electron chi connectivity index (χ2n) is 5.35. The molecule has 0 radical (unpaired) electrons. The van der Waals surface area contributed by atoms with E-state index >= 15 is 0 Å². The Bertz CT molecular complexity index is 682. The fourth-order valence-electron chi connectivity index (χ4n) is 2.65. The molecule has 1 unspecified atom stereocenters. The first-order valence-corrected chi connectivity index (χ1v) is 7.03. The number of fused-ring (bicyclic) bond motifs is 1. The third kappa shape index (κ3) is 2.63. The molecular weight excluding hydrogens is 248 g/mol. The van der Waals surface area contributed by atoms with Crippen molar-refractivity contribution >= 4 is 10.9 Å². The van der Waals surface area contributed by atoms with Crippen molar-refractivity contribution in [1.82, 2.24) is 9.88 Å². The normalized spacial score (nSPS) is 12.9. The third-order valence-corrected chi connectivity index (χ3v) is 3.71. The van der Waals surface area contributed by atoms with Crippen molar-refractivity contribution in [3.05, 3.63) is 60.2 Å². The SMILES string of the molecule is CC(Cc1ccco1)NCc1cn(C)c2ccccc12. The van der Waals surface area contributed by atoms with Crippen LogP contribution in [0.5, 0.6) is 0 Å². The molecule has 0 saturated heterocycles. The van der Waals surface area contributed by atoms with Gasteiger partial charge in [-0.2, -0.15) is 0 Å². The Hall–Kier alpha value is -2.00. The van der Waals surface area contributed by atoms with Crippen LogP contribution in [0, 0.1) is 0 Å². The average Bonchev–Trinajstić information content (AvgIpc) is 3.06. The Balaban J connectivity index is 1.68. The Morgan fingerprint density at radius 3 is 2.85 bits per heavy atom. The summed E-state index contributed by atoms with van der Waals surface area (Å²) in [4.78, 5) is 0. The van der Waals surface area contributed by atoms with Gasteiger partial charge in [0.25, 0.3) is 0 Å². The molecule has 20 heavy (non-hydrogen) atoms. The number of nitrogens with one attached hydrogen (secondary N) is 1. The smallest absolute Gasteiger partial charge is 0.105 e. The highest BCUT2D eigenvalue weighted by Gasteiger charge is 2.09. The summed E-state index contributed by atoms with van der Waals surface area (Å²) in [5.74, 6) is 1.03. The molecule has 1 N–H and O–H groups in total. The van der Waals surface area contributed by atoms with Gasteiger partial charge >= 0.3 is 0 Å². The van der Waals surface area contributed by atoms with Gasteiger partial charge in [-0.1, -0.05) is 18.2 Å². The zero-order valence-electron chi connectivity index (χ0n) is 12.0. The molecule has 0 bridgehead atoms. The summed E-state index contributed by atoms with van der Waals surface area (Å²) >= 11 is 0. The average molecular weight is 268 g/mol. The summed E-state index contributed by atoms with van der Waals surface area (Å²) in [6.07, 6.45) is 4.85. The van der Waals surface area contributed by atoms with E-state index in [9.17, 15) is 0 Å². The second-order valence-corrected chi connectivity index (χ2v) is 5.35. The molecular formula is C17H20N2O. The van der Waals surface area contributed by atoms with Gasteiger partial charge in [0, 0.05) is 43.2 Å². The topological polar surface area (TPSA) is 30.1 Å². The lowest BCUT2D eigenvalue weighted by Gasteiger charge is -2.11. The van der Waals surface area contributed by atoms with Crippen LogP contribution in [0.25, 0.3) is 10.9 Å². The number of rotatable bonds is 5. The van der Waals surface area contributed by atoms with Crippen LogP contribution >= 0.6 is 0 Å². The molecule has 0 spiro atoms. The number of furan rings is 1. The first-order chi connectivity index (χ1) is 9.74. The molecule has 0 aliphatic heterocycles. The number of benzene rings is 1. The van der Waals surface area contributed by atoms with Crippen molar-refractivity contribution in [2.24, 2.45) is 7.05 Å². The number of hydrogen-bond donors (Lipinski definition) is 1. The molecule has 3 heteroatoms. The van der Waals surface area contributed by atoms with E-state index in [1.165, 1.54) is 16.5 Å². The van der Waals surface area contributed by atoms with E-state index in [0.717, 1.165) is 18.7 Å². The summed E-state index contributed by atoms with van der Waals surface area (Å²) in [6, 6.07) is 12.9. The van der Waals surface area contributed by atoms with E-state index in [-0.39, 0.29) is 0 Å². The van der Waals surface area contributed by atoms with Crippen LogP contribution in [0.15, 0.2) is 53.3 Å². The van der Waals surface area contributed by atoms with Crippen molar-refractivity contribution in [3.8, 4) is 0 Å². The van der Waals surface area contributed by atoms with Gasteiger partial charge in [0.15, 0.2) is 0 Å². The minimum atomic E-state index is 0.389. The van der Waals surface area contributed by atoms with E-state index in [2.05, 4.69) is 54.3 Å². The third-order valence-electron chi connectivity index (χ3n) is 3.71. The molecule has 3 nitrogen and oxygen atoms in total. The van der Waals surface area contributed by atoms with Crippen LogP contribution in [-0.2, 0) is 20.0 Å². The molecule has 0 amide bonds. The van der Waals surface area contributed by atoms with Crippen LogP contribution in [0.3, 0.4) is 0 Å². The van der Waals surface area contributed by atoms with Gasteiger partial charge in [0.05, 0.1) is 6.26 Å². The van der Waals surface area contributed by atoms with Crippen molar-refractivity contribution < 1.29 is 4.42 Å². The standard InChI is InChI=1S/C17H20N2O/c1-13(10-15-6-5-9-20-15)18-11-14-12-19(2)17-8-4-3-7-16(14)17/h3-9,12-13,18H,10-11H2,1-2H3. The lowest BCUT2D eigenvalue weighted by atomic mass is 10.1. The fourth-order valence-corrected chi connectivity index (χ4v) is 2.65. The number of aromatic nitrogens is 1. The van der Waals surface area contributed by atoms with Gasteiger partial charge in [-0.3, -0.25) is 0 Å². The predicted molar refractivity (Wildman–Crippen MR) is 81.6 cm³/mol. The van der Waals surface area contributed by atoms with E-state index in [4.69, 9.17) is 4.42 Å². The maximum absolute atomic E-state index is 5.39. The minimum Gasteiger partial charge on any atom is -0.469 e. The van der Waals surface area contributed by atoms with Crippen molar-refractivity contribution in [2.45, 2.75) is 25.9 Å². The summed E-state index contributed by atoms with van der Waals surface area (Å²) < 4.78 is 7.57. The van der Waals surface area contributed by atoms with Crippen molar-refractivity contribution in [1.29, 1.82) is 0 Å². The molecule has 0 saturated carbocycles. The number of hydrogen-bond acceptors (Lipinski definition) is 2. The molecule has 1 aromatic carbocycles. The number of para-hydroxylation sites is 1. The summed E-state index contributed by atoms with van der Waals surface area (Å²) in [6.45, 7) is 3.07. The first-order valence-electron chi connectivity index (χ1n) is 7.03. The molecule has 0 aliphatic carbocycles. The van der Waals surface area contributed by atoms with Crippen molar-refractivity contribution in [3.63, 3.8) is 0 Å². The number of nitrogens with zero attached hydrogens (tertiary/aromatic N) is 1. The molecule has 3 rings (SSSR count). The highest BCUT2D eigenvalue weighted by atomic mass is 16.3. The van der Waals surface area contributed by atoms with Gasteiger partial charge < -0.3 is 14.3 Å². The number of aryl methyl sites for hydroxylation is 1. The largest absolute Gasteiger partial charge is 0.469 e. The molecule has 2 aromatic heterocycles. The lowest BCUT2D eigenvalue weighted by molar-refractivity contribution is 0.456. The molecule has 2 heterocycles. The lowest BCUT2D eigenvalue weighted by Crippen LogP contribution is -2.27. The molecule has 1 atom stereocenters. The highest BCUT2D eigenvalue weighted by molar-refractivity contribution is 5.83. The maximum Gasteiger partial charge on any atom is 0.105 e. The quantitative estimate of drug-likeness (QED) is 0.767. The second kappa shape index (κ2) is 5.55. The van der Waals surface area contributed by atoms with E-state index in [1.807, 2.05) is 12.1 Å². The summed E-state index contributed by atoms with van der Waals surface area (Å²) in [5, 5.41) is 4.90. The molecule has 3 aromatic rings.